The van der Waals surface area contributed by atoms with Gasteiger partial charge in [-0.15, -0.1) is 5.10 Å². The van der Waals surface area contributed by atoms with Crippen molar-refractivity contribution in [1.82, 2.24) is 25.0 Å². The van der Waals surface area contributed by atoms with Crippen molar-refractivity contribution >= 4 is 21.9 Å². The summed E-state index contributed by atoms with van der Waals surface area (Å²) in [5.41, 5.74) is 6.17. The van der Waals surface area contributed by atoms with Crippen molar-refractivity contribution in [2.24, 2.45) is 5.73 Å². The van der Waals surface area contributed by atoms with Gasteiger partial charge in [-0.2, -0.15) is 4.98 Å². The van der Waals surface area contributed by atoms with Crippen LogP contribution in [0.2, 0.25) is 0 Å². The molecule has 0 unspecified atom stereocenters. The van der Waals surface area contributed by atoms with Gasteiger partial charge in [0.05, 0.1) is 30.0 Å². The summed E-state index contributed by atoms with van der Waals surface area (Å²) < 4.78 is 7.69. The third kappa shape index (κ3) is 2.34. The van der Waals surface area contributed by atoms with Gasteiger partial charge in [-0.25, -0.2) is 9.67 Å². The van der Waals surface area contributed by atoms with Gasteiger partial charge in [0.15, 0.2) is 0 Å². The summed E-state index contributed by atoms with van der Waals surface area (Å²) in [5, 5.41) is 7.83. The summed E-state index contributed by atoms with van der Waals surface area (Å²) in [4.78, 5) is 10.7. The van der Waals surface area contributed by atoms with Gasteiger partial charge in [0.2, 0.25) is 11.8 Å². The van der Waals surface area contributed by atoms with Crippen LogP contribution < -0.4 is 15.4 Å². The number of aromatic nitrogens is 5. The molecule has 3 heterocycles. The summed E-state index contributed by atoms with van der Waals surface area (Å²) in [6.45, 7) is 1.35. The number of nitrogens with zero attached hydrogens (tertiary/aromatic N) is 6. The molecule has 2 atom stereocenters. The van der Waals surface area contributed by atoms with E-state index >= 15 is 0 Å². The number of hydrogen-bond acceptors (Lipinski definition) is 7. The summed E-state index contributed by atoms with van der Waals surface area (Å²) in [6, 6.07) is 0.0192. The molecule has 1 fully saturated rings. The first kappa shape index (κ1) is 13.3. The summed E-state index contributed by atoms with van der Waals surface area (Å²) in [6.07, 6.45) is 5.14. The second kappa shape index (κ2) is 5.33. The number of rotatable bonds is 3. The van der Waals surface area contributed by atoms with Crippen molar-refractivity contribution in [2.75, 3.05) is 25.1 Å². The van der Waals surface area contributed by atoms with Crippen LogP contribution in [0.1, 0.15) is 6.04 Å². The zero-order valence-electron chi connectivity index (χ0n) is 10.8. The molecule has 20 heavy (non-hydrogen) atoms. The molecule has 0 amide bonds. The molecule has 1 aliphatic rings. The minimum atomic E-state index is -0.0464. The molecule has 2 N–H and O–H groups in total. The second-order valence-corrected chi connectivity index (χ2v) is 5.40. The van der Waals surface area contributed by atoms with E-state index in [9.17, 15) is 0 Å². The Balaban J connectivity index is 1.82. The van der Waals surface area contributed by atoms with Gasteiger partial charge in [-0.05, 0) is 15.9 Å². The van der Waals surface area contributed by atoms with Gasteiger partial charge in [-0.3, -0.25) is 0 Å². The lowest BCUT2D eigenvalue weighted by Crippen LogP contribution is -2.31. The molecule has 0 bridgehead atoms. The van der Waals surface area contributed by atoms with Crippen LogP contribution in [0, 0.1) is 0 Å². The fourth-order valence-corrected chi connectivity index (χ4v) is 2.64. The molecule has 2 aromatic heterocycles. The molecule has 1 aliphatic heterocycles. The first-order chi connectivity index (χ1) is 9.69. The molecule has 0 spiro atoms. The Bertz CT molecular complexity index is 590. The van der Waals surface area contributed by atoms with Crippen molar-refractivity contribution in [3.05, 3.63) is 23.1 Å². The maximum atomic E-state index is 6.17. The van der Waals surface area contributed by atoms with E-state index in [1.807, 2.05) is 11.1 Å². The Hall–Kier alpha value is -1.74. The van der Waals surface area contributed by atoms with E-state index in [1.54, 1.807) is 24.2 Å². The molecule has 3 rings (SSSR count). The fraction of sp³-hybridized carbons (Fsp3) is 0.455. The molecule has 9 heteroatoms. The lowest BCUT2D eigenvalue weighted by atomic mass is 10.2. The normalized spacial score (nSPS) is 22.2. The van der Waals surface area contributed by atoms with Gasteiger partial charge in [0, 0.05) is 25.3 Å². The topological polar surface area (TPSA) is 95.0 Å². The average Bonchev–Trinajstić information content (AvgIpc) is 3.08. The average molecular weight is 340 g/mol. The monoisotopic (exact) mass is 339 g/mol. The molecule has 0 aliphatic carbocycles. The van der Waals surface area contributed by atoms with Gasteiger partial charge >= 0.3 is 0 Å². The Morgan fingerprint density at radius 1 is 1.45 bits per heavy atom. The first-order valence-corrected chi connectivity index (χ1v) is 6.91. The number of ether oxygens (including phenoxy) is 1. The van der Waals surface area contributed by atoms with E-state index < -0.39 is 0 Å². The summed E-state index contributed by atoms with van der Waals surface area (Å²) in [7, 11) is 1.57. The smallest absolute Gasteiger partial charge is 0.232 e. The molecular weight excluding hydrogens is 326 g/mol. The van der Waals surface area contributed by atoms with Crippen molar-refractivity contribution < 1.29 is 4.74 Å². The second-order valence-electron chi connectivity index (χ2n) is 4.55. The number of anilines is 1. The van der Waals surface area contributed by atoms with Crippen molar-refractivity contribution in [1.29, 1.82) is 0 Å². The minimum Gasteiger partial charge on any atom is -0.480 e. The maximum Gasteiger partial charge on any atom is 0.232 e. The Morgan fingerprint density at radius 2 is 2.30 bits per heavy atom. The van der Waals surface area contributed by atoms with Crippen LogP contribution in [0.4, 0.5) is 5.95 Å². The van der Waals surface area contributed by atoms with Crippen molar-refractivity contribution in [3.63, 3.8) is 0 Å². The van der Waals surface area contributed by atoms with Gasteiger partial charge in [0.25, 0.3) is 0 Å². The SMILES string of the molecule is COc1nc(N2C[C@@H](N)[C@@H](n3ccnn3)C2)ncc1Br. The minimum absolute atomic E-state index is 0.0464. The van der Waals surface area contributed by atoms with Crippen LogP contribution in [-0.2, 0) is 0 Å². The zero-order valence-corrected chi connectivity index (χ0v) is 12.4. The first-order valence-electron chi connectivity index (χ1n) is 6.12. The fourth-order valence-electron chi connectivity index (χ4n) is 2.29. The Kier molecular flexibility index (Phi) is 3.53. The molecule has 8 nitrogen and oxygen atoms in total. The highest BCUT2D eigenvalue weighted by Gasteiger charge is 2.33. The molecule has 0 aromatic carbocycles. The van der Waals surface area contributed by atoms with Gasteiger partial charge in [-0.1, -0.05) is 5.21 Å². The highest BCUT2D eigenvalue weighted by atomic mass is 79.9. The molecular formula is C11H14BrN7O. The highest BCUT2D eigenvalue weighted by molar-refractivity contribution is 9.10. The van der Waals surface area contributed by atoms with E-state index in [1.165, 1.54) is 0 Å². The van der Waals surface area contributed by atoms with Crippen LogP contribution in [0.5, 0.6) is 5.88 Å². The molecule has 1 saturated heterocycles. The quantitative estimate of drug-likeness (QED) is 0.854. The van der Waals surface area contributed by atoms with Gasteiger partial charge < -0.3 is 15.4 Å². The summed E-state index contributed by atoms with van der Waals surface area (Å²) in [5.74, 6) is 1.11. The van der Waals surface area contributed by atoms with E-state index in [-0.39, 0.29) is 12.1 Å². The van der Waals surface area contributed by atoms with Crippen LogP contribution in [0.25, 0.3) is 0 Å². The lowest BCUT2D eigenvalue weighted by Gasteiger charge is -2.16. The number of halogens is 1. The summed E-state index contributed by atoms with van der Waals surface area (Å²) >= 11 is 3.34. The zero-order chi connectivity index (χ0) is 14.1. The maximum absolute atomic E-state index is 6.17. The number of nitrogens with two attached hydrogens (primary N) is 1. The van der Waals surface area contributed by atoms with E-state index in [4.69, 9.17) is 10.5 Å². The lowest BCUT2D eigenvalue weighted by molar-refractivity contribution is 0.393. The molecule has 0 saturated carbocycles. The predicted octanol–water partition coefficient (Wildman–Crippen LogP) is 0.228. The highest BCUT2D eigenvalue weighted by Crippen LogP contribution is 2.27. The molecule has 106 valence electrons. The Labute approximate surface area is 124 Å². The number of methoxy groups -OCH3 is 1. The molecule has 0 radical (unpaired) electrons. The van der Waals surface area contributed by atoms with Crippen LogP contribution in [-0.4, -0.2) is 51.2 Å². The van der Waals surface area contributed by atoms with E-state index in [0.717, 1.165) is 4.47 Å². The van der Waals surface area contributed by atoms with E-state index in [2.05, 4.69) is 36.2 Å². The van der Waals surface area contributed by atoms with Crippen LogP contribution >= 0.6 is 15.9 Å². The number of hydrogen-bond donors (Lipinski definition) is 1. The van der Waals surface area contributed by atoms with Crippen molar-refractivity contribution in [2.45, 2.75) is 12.1 Å². The van der Waals surface area contributed by atoms with Crippen LogP contribution in [0.3, 0.4) is 0 Å². The van der Waals surface area contributed by atoms with E-state index in [0.29, 0.717) is 24.9 Å². The molecule has 2 aromatic rings. The van der Waals surface area contributed by atoms with Gasteiger partial charge in [0.1, 0.15) is 0 Å². The van der Waals surface area contributed by atoms with Crippen molar-refractivity contribution in [3.8, 4) is 5.88 Å². The van der Waals surface area contributed by atoms with Crippen LogP contribution in [0.15, 0.2) is 23.1 Å². The third-order valence-corrected chi connectivity index (χ3v) is 3.83. The predicted molar refractivity (Wildman–Crippen MR) is 75.5 cm³/mol. The largest absolute Gasteiger partial charge is 0.480 e. The Morgan fingerprint density at radius 3 is 3.00 bits per heavy atom. The standard InChI is InChI=1S/C11H14BrN7O/c1-20-10-7(12)4-14-11(16-10)18-5-8(13)9(6-18)19-3-2-15-17-19/h2-4,8-9H,5-6,13H2,1H3/t8-,9+/m1/s1. The third-order valence-electron chi connectivity index (χ3n) is 3.29.